The van der Waals surface area contributed by atoms with Gasteiger partial charge in [-0.15, -0.1) is 0 Å². The van der Waals surface area contributed by atoms with Crippen molar-refractivity contribution >= 4 is 77.0 Å². The van der Waals surface area contributed by atoms with Crippen molar-refractivity contribution < 1.29 is 4.42 Å². The molecule has 11 rings (SSSR count). The summed E-state index contributed by atoms with van der Waals surface area (Å²) in [6, 6.07) is 59.8. The number of amidine groups is 2. The van der Waals surface area contributed by atoms with Gasteiger partial charge in [-0.2, -0.15) is 0 Å². The SMILES string of the molecule is c1ccc(C2=NC(c3ccc4oc5ccccc5c4c3)NC(c3ccc(-n4c5ccc6ccccc6c5c5c6ccccc6ccc54)cc3)=N2)cc1. The van der Waals surface area contributed by atoms with Crippen molar-refractivity contribution in [2.24, 2.45) is 9.98 Å². The largest absolute Gasteiger partial charge is 0.456 e. The molecule has 8 aromatic carbocycles. The summed E-state index contributed by atoms with van der Waals surface area (Å²) in [5.74, 6) is 1.48. The number of furan rings is 1. The van der Waals surface area contributed by atoms with Crippen LogP contribution in [0.4, 0.5) is 0 Å². The van der Waals surface area contributed by atoms with Gasteiger partial charge >= 0.3 is 0 Å². The highest BCUT2D eigenvalue weighted by Crippen LogP contribution is 2.40. The monoisotopic (exact) mass is 666 g/mol. The van der Waals surface area contributed by atoms with Crippen molar-refractivity contribution in [3.8, 4) is 5.69 Å². The molecule has 0 fully saturated rings. The van der Waals surface area contributed by atoms with Crippen molar-refractivity contribution in [1.82, 2.24) is 9.88 Å². The van der Waals surface area contributed by atoms with E-state index in [4.69, 9.17) is 14.4 Å². The molecule has 10 aromatic rings. The maximum absolute atomic E-state index is 6.13. The average molecular weight is 667 g/mol. The average Bonchev–Trinajstić information content (AvgIpc) is 3.77. The number of nitrogens with one attached hydrogen (secondary N) is 1. The van der Waals surface area contributed by atoms with Crippen LogP contribution in [0.3, 0.4) is 0 Å². The zero-order chi connectivity index (χ0) is 34.2. The van der Waals surface area contributed by atoms with Crippen LogP contribution in [0, 0.1) is 0 Å². The Hall–Kier alpha value is -6.98. The molecule has 0 saturated carbocycles. The third kappa shape index (κ3) is 4.42. The van der Waals surface area contributed by atoms with Gasteiger partial charge in [0, 0.05) is 38.4 Å². The van der Waals surface area contributed by atoms with Crippen LogP contribution in [0.1, 0.15) is 22.9 Å². The lowest BCUT2D eigenvalue weighted by molar-refractivity contribution is 0.663. The standard InChI is InChI=1S/C47H30N4O/c1-2-12-31(13-3-1)45-48-46(50-47(49-45)33-22-27-42-38(28-33)37-16-8-9-17-41(37)52-42)32-18-23-34(24-19-32)51-39-25-20-29-10-4-6-14-35(29)43(39)44-36-15-7-5-11-30(36)21-26-40(44)51/h1-28,47H,(H,48,49,50). The fraction of sp³-hybridized carbons (Fsp3) is 0.0213. The minimum absolute atomic E-state index is 0.334. The number of para-hydroxylation sites is 1. The molecule has 1 aliphatic rings. The number of aliphatic imine (C=N–C) groups is 2. The number of aromatic nitrogens is 1. The molecule has 2 aromatic heterocycles. The number of benzene rings is 8. The molecule has 52 heavy (non-hydrogen) atoms. The summed E-state index contributed by atoms with van der Waals surface area (Å²) < 4.78 is 8.53. The van der Waals surface area contributed by atoms with E-state index < -0.39 is 0 Å². The summed E-state index contributed by atoms with van der Waals surface area (Å²) in [6.45, 7) is 0. The molecule has 5 nitrogen and oxygen atoms in total. The lowest BCUT2D eigenvalue weighted by Crippen LogP contribution is -2.33. The van der Waals surface area contributed by atoms with E-state index in [1.54, 1.807) is 0 Å². The molecule has 1 aliphatic heterocycles. The van der Waals surface area contributed by atoms with Gasteiger partial charge in [0.05, 0.1) is 11.0 Å². The van der Waals surface area contributed by atoms with E-state index >= 15 is 0 Å². The van der Waals surface area contributed by atoms with Gasteiger partial charge in [0.2, 0.25) is 0 Å². The Balaban J connectivity index is 1.04. The van der Waals surface area contributed by atoms with E-state index in [0.29, 0.717) is 5.84 Å². The maximum atomic E-state index is 6.13. The number of hydrogen-bond acceptors (Lipinski definition) is 4. The first-order valence-corrected chi connectivity index (χ1v) is 17.6. The summed E-state index contributed by atoms with van der Waals surface area (Å²) in [5.41, 5.74) is 8.22. The molecule has 244 valence electrons. The first-order chi connectivity index (χ1) is 25.8. The molecule has 0 radical (unpaired) electrons. The smallest absolute Gasteiger partial charge is 0.159 e. The Bertz CT molecular complexity index is 3000. The second kappa shape index (κ2) is 11.3. The molecule has 1 N–H and O–H groups in total. The van der Waals surface area contributed by atoms with Gasteiger partial charge in [-0.25, -0.2) is 9.98 Å². The second-order valence-corrected chi connectivity index (χ2v) is 13.4. The number of fused-ring (bicyclic) bond motifs is 10. The van der Waals surface area contributed by atoms with Crippen LogP contribution in [-0.2, 0) is 0 Å². The highest BCUT2D eigenvalue weighted by molar-refractivity contribution is 6.28. The van der Waals surface area contributed by atoms with Gasteiger partial charge in [-0.3, -0.25) is 0 Å². The molecular weight excluding hydrogens is 637 g/mol. The molecular formula is C47H30N4O. The van der Waals surface area contributed by atoms with E-state index in [1.165, 1.54) is 43.4 Å². The first kappa shape index (κ1) is 28.8. The number of nitrogens with zero attached hydrogens (tertiary/aromatic N) is 3. The van der Waals surface area contributed by atoms with Crippen LogP contribution in [-0.4, -0.2) is 16.2 Å². The minimum atomic E-state index is -0.334. The highest BCUT2D eigenvalue weighted by atomic mass is 16.3. The molecule has 0 amide bonds. The van der Waals surface area contributed by atoms with Crippen molar-refractivity contribution in [3.05, 3.63) is 187 Å². The fourth-order valence-electron chi connectivity index (χ4n) is 7.99. The van der Waals surface area contributed by atoms with E-state index in [0.717, 1.165) is 50.2 Å². The Morgan fingerprint density at radius 3 is 1.83 bits per heavy atom. The van der Waals surface area contributed by atoms with E-state index in [2.05, 4.69) is 137 Å². The van der Waals surface area contributed by atoms with E-state index in [9.17, 15) is 0 Å². The van der Waals surface area contributed by atoms with Gasteiger partial charge in [0.25, 0.3) is 0 Å². The van der Waals surface area contributed by atoms with Crippen LogP contribution < -0.4 is 5.32 Å². The van der Waals surface area contributed by atoms with Gasteiger partial charge < -0.3 is 14.3 Å². The first-order valence-electron chi connectivity index (χ1n) is 17.6. The third-order valence-corrected chi connectivity index (χ3v) is 10.4. The summed E-state index contributed by atoms with van der Waals surface area (Å²) in [6.07, 6.45) is -0.334. The molecule has 0 bridgehead atoms. The van der Waals surface area contributed by atoms with E-state index in [-0.39, 0.29) is 6.17 Å². The molecule has 1 unspecified atom stereocenters. The minimum Gasteiger partial charge on any atom is -0.456 e. The van der Waals surface area contributed by atoms with E-state index in [1.807, 2.05) is 42.5 Å². The highest BCUT2D eigenvalue weighted by Gasteiger charge is 2.23. The predicted molar refractivity (Wildman–Crippen MR) is 215 cm³/mol. The lowest BCUT2D eigenvalue weighted by atomic mass is 10.00. The molecule has 1 atom stereocenters. The van der Waals surface area contributed by atoms with Crippen LogP contribution in [0.15, 0.2) is 184 Å². The maximum Gasteiger partial charge on any atom is 0.159 e. The predicted octanol–water partition coefficient (Wildman–Crippen LogP) is 11.5. The van der Waals surface area contributed by atoms with Crippen LogP contribution in [0.25, 0.3) is 71.0 Å². The third-order valence-electron chi connectivity index (χ3n) is 10.4. The van der Waals surface area contributed by atoms with Crippen molar-refractivity contribution in [2.75, 3.05) is 0 Å². The Labute approximate surface area is 298 Å². The Morgan fingerprint density at radius 1 is 0.500 bits per heavy atom. The van der Waals surface area contributed by atoms with Crippen molar-refractivity contribution in [1.29, 1.82) is 0 Å². The van der Waals surface area contributed by atoms with Crippen LogP contribution >= 0.6 is 0 Å². The topological polar surface area (TPSA) is 54.8 Å². The lowest BCUT2D eigenvalue weighted by Gasteiger charge is -2.24. The zero-order valence-electron chi connectivity index (χ0n) is 28.0. The summed E-state index contributed by atoms with van der Waals surface area (Å²) in [4.78, 5) is 10.2. The van der Waals surface area contributed by atoms with Crippen molar-refractivity contribution in [3.63, 3.8) is 0 Å². The normalized spacial score (nSPS) is 14.7. The molecule has 0 saturated heterocycles. The van der Waals surface area contributed by atoms with Crippen LogP contribution in [0.5, 0.6) is 0 Å². The summed E-state index contributed by atoms with van der Waals surface area (Å²) >= 11 is 0. The van der Waals surface area contributed by atoms with Gasteiger partial charge in [0.15, 0.2) is 5.84 Å². The quantitative estimate of drug-likeness (QED) is 0.203. The van der Waals surface area contributed by atoms with Gasteiger partial charge in [0.1, 0.15) is 23.2 Å². The Kier molecular flexibility index (Phi) is 6.25. The summed E-state index contributed by atoms with van der Waals surface area (Å²) in [7, 11) is 0. The number of hydrogen-bond donors (Lipinski definition) is 1. The molecule has 3 heterocycles. The molecule has 0 spiro atoms. The molecule has 0 aliphatic carbocycles. The fourth-order valence-corrected chi connectivity index (χ4v) is 7.99. The Morgan fingerprint density at radius 2 is 1.12 bits per heavy atom. The van der Waals surface area contributed by atoms with Crippen LogP contribution in [0.2, 0.25) is 0 Å². The molecule has 5 heteroatoms. The van der Waals surface area contributed by atoms with Gasteiger partial charge in [-0.1, -0.05) is 115 Å². The second-order valence-electron chi connectivity index (χ2n) is 13.4. The summed E-state index contributed by atoms with van der Waals surface area (Å²) in [5, 5.41) is 13.4. The van der Waals surface area contributed by atoms with Gasteiger partial charge in [-0.05, 0) is 81.7 Å². The number of rotatable bonds is 4. The zero-order valence-corrected chi connectivity index (χ0v) is 28.0. The van der Waals surface area contributed by atoms with Crippen molar-refractivity contribution in [2.45, 2.75) is 6.17 Å².